The van der Waals surface area contributed by atoms with Gasteiger partial charge in [-0.1, -0.05) is 17.7 Å². The van der Waals surface area contributed by atoms with Crippen LogP contribution >= 0.6 is 11.6 Å². The minimum Gasteiger partial charge on any atom is -0.393 e. The van der Waals surface area contributed by atoms with E-state index in [2.05, 4.69) is 0 Å². The maximum absolute atomic E-state index is 13.0. The van der Waals surface area contributed by atoms with Crippen molar-refractivity contribution >= 4 is 21.6 Å². The lowest BCUT2D eigenvalue weighted by molar-refractivity contribution is 0.113. The molecule has 1 aromatic carbocycles. The summed E-state index contributed by atoms with van der Waals surface area (Å²) < 4.78 is 38.7. The molecular weight excluding hydrogens is 293 g/mol. The second-order valence-corrected chi connectivity index (χ2v) is 7.01. The Balaban J connectivity index is 2.10. The first-order chi connectivity index (χ1) is 8.88. The number of piperidine rings is 1. The number of nitrogens with zero attached hydrogens (tertiary/aromatic N) is 1. The van der Waals surface area contributed by atoms with E-state index in [-0.39, 0.29) is 10.8 Å². The fraction of sp³-hybridized carbons (Fsp3) is 0.500. The fourth-order valence-electron chi connectivity index (χ4n) is 2.05. The number of sulfonamides is 1. The number of aliphatic hydroxyl groups excluding tert-OH is 1. The Bertz CT molecular complexity index is 556. The Morgan fingerprint density at radius 2 is 2.00 bits per heavy atom. The topological polar surface area (TPSA) is 57.6 Å². The molecule has 0 spiro atoms. The molecule has 0 radical (unpaired) electrons. The van der Waals surface area contributed by atoms with Crippen molar-refractivity contribution in [2.45, 2.75) is 24.7 Å². The zero-order valence-corrected chi connectivity index (χ0v) is 11.8. The SMILES string of the molecule is O=S(=O)(Cc1ccc(F)c(Cl)c1)N1CCC(O)CC1. The van der Waals surface area contributed by atoms with Gasteiger partial charge in [0.1, 0.15) is 5.82 Å². The number of hydrogen-bond acceptors (Lipinski definition) is 3. The van der Waals surface area contributed by atoms with Crippen LogP contribution in [-0.4, -0.2) is 37.0 Å². The third-order valence-electron chi connectivity index (χ3n) is 3.15. The molecule has 0 atom stereocenters. The summed E-state index contributed by atoms with van der Waals surface area (Å²) in [6, 6.07) is 3.90. The Hall–Kier alpha value is -0.690. The summed E-state index contributed by atoms with van der Waals surface area (Å²) in [6.45, 7) is 0.636. The number of rotatable bonds is 3. The summed E-state index contributed by atoms with van der Waals surface area (Å²) >= 11 is 5.63. The van der Waals surface area contributed by atoms with E-state index in [1.807, 2.05) is 0 Å². The molecule has 1 aromatic rings. The second kappa shape index (κ2) is 5.75. The van der Waals surface area contributed by atoms with Crippen LogP contribution < -0.4 is 0 Å². The molecule has 1 aliphatic rings. The summed E-state index contributed by atoms with van der Waals surface area (Å²) in [5, 5.41) is 9.29. The Morgan fingerprint density at radius 3 is 2.58 bits per heavy atom. The third kappa shape index (κ3) is 3.66. The van der Waals surface area contributed by atoms with Gasteiger partial charge in [0.05, 0.1) is 16.9 Å². The molecule has 1 heterocycles. The van der Waals surface area contributed by atoms with Crippen molar-refractivity contribution in [1.82, 2.24) is 4.31 Å². The molecule has 7 heteroatoms. The maximum Gasteiger partial charge on any atom is 0.218 e. The molecule has 2 rings (SSSR count). The fourth-order valence-corrected chi connectivity index (χ4v) is 3.81. The van der Waals surface area contributed by atoms with Crippen LogP contribution in [-0.2, 0) is 15.8 Å². The van der Waals surface area contributed by atoms with Crippen LogP contribution in [0.1, 0.15) is 18.4 Å². The van der Waals surface area contributed by atoms with Gasteiger partial charge < -0.3 is 5.11 Å². The highest BCUT2D eigenvalue weighted by Crippen LogP contribution is 2.21. The summed E-state index contributed by atoms with van der Waals surface area (Å²) in [5.74, 6) is -0.771. The number of aliphatic hydroxyl groups is 1. The van der Waals surface area contributed by atoms with E-state index in [4.69, 9.17) is 11.6 Å². The van der Waals surface area contributed by atoms with E-state index in [0.29, 0.717) is 31.5 Å². The van der Waals surface area contributed by atoms with Gasteiger partial charge in [-0.05, 0) is 30.5 Å². The highest BCUT2D eigenvalue weighted by Gasteiger charge is 2.27. The highest BCUT2D eigenvalue weighted by molar-refractivity contribution is 7.88. The van der Waals surface area contributed by atoms with Crippen molar-refractivity contribution < 1.29 is 17.9 Å². The Labute approximate surface area is 116 Å². The third-order valence-corrected chi connectivity index (χ3v) is 5.29. The molecule has 0 unspecified atom stereocenters. The van der Waals surface area contributed by atoms with Gasteiger partial charge in [-0.2, -0.15) is 0 Å². The van der Waals surface area contributed by atoms with Crippen molar-refractivity contribution in [3.05, 3.63) is 34.6 Å². The van der Waals surface area contributed by atoms with Gasteiger partial charge in [0.2, 0.25) is 10.0 Å². The van der Waals surface area contributed by atoms with Gasteiger partial charge in [-0.15, -0.1) is 0 Å². The monoisotopic (exact) mass is 307 g/mol. The van der Waals surface area contributed by atoms with Crippen LogP contribution in [0.3, 0.4) is 0 Å². The first-order valence-electron chi connectivity index (χ1n) is 5.98. The van der Waals surface area contributed by atoms with Crippen LogP contribution in [0.5, 0.6) is 0 Å². The van der Waals surface area contributed by atoms with Gasteiger partial charge in [0, 0.05) is 13.1 Å². The van der Waals surface area contributed by atoms with E-state index in [1.54, 1.807) is 0 Å². The van der Waals surface area contributed by atoms with E-state index >= 15 is 0 Å². The van der Waals surface area contributed by atoms with Gasteiger partial charge in [0.25, 0.3) is 0 Å². The molecule has 1 saturated heterocycles. The Morgan fingerprint density at radius 1 is 1.37 bits per heavy atom. The minimum absolute atomic E-state index is 0.0817. The van der Waals surface area contributed by atoms with Crippen molar-refractivity contribution in [3.8, 4) is 0 Å². The van der Waals surface area contributed by atoms with Crippen LogP contribution in [0.4, 0.5) is 4.39 Å². The molecule has 4 nitrogen and oxygen atoms in total. The molecule has 0 bridgehead atoms. The largest absolute Gasteiger partial charge is 0.393 e. The lowest BCUT2D eigenvalue weighted by Gasteiger charge is -2.28. The first kappa shape index (κ1) is 14.7. The quantitative estimate of drug-likeness (QED) is 0.926. The Kier molecular flexibility index (Phi) is 4.45. The normalized spacial score (nSPS) is 18.7. The summed E-state index contributed by atoms with van der Waals surface area (Å²) in [4.78, 5) is 0. The number of halogens is 2. The molecule has 0 aromatic heterocycles. The summed E-state index contributed by atoms with van der Waals surface area (Å²) in [5.41, 5.74) is 0.456. The average Bonchev–Trinajstić information content (AvgIpc) is 2.34. The average molecular weight is 308 g/mol. The van der Waals surface area contributed by atoms with Gasteiger partial charge in [-0.25, -0.2) is 17.1 Å². The van der Waals surface area contributed by atoms with Gasteiger partial charge in [0.15, 0.2) is 0 Å². The molecule has 0 amide bonds. The van der Waals surface area contributed by atoms with E-state index in [0.717, 1.165) is 6.07 Å². The minimum atomic E-state index is -3.45. The van der Waals surface area contributed by atoms with Crippen LogP contribution in [0.2, 0.25) is 5.02 Å². The van der Waals surface area contributed by atoms with E-state index < -0.39 is 21.9 Å². The summed E-state index contributed by atoms with van der Waals surface area (Å²) in [7, 11) is -3.45. The molecule has 0 aliphatic carbocycles. The maximum atomic E-state index is 13.0. The van der Waals surface area contributed by atoms with E-state index in [1.165, 1.54) is 16.4 Å². The van der Waals surface area contributed by atoms with Crippen molar-refractivity contribution in [2.24, 2.45) is 0 Å². The first-order valence-corrected chi connectivity index (χ1v) is 7.97. The van der Waals surface area contributed by atoms with Gasteiger partial charge in [-0.3, -0.25) is 0 Å². The second-order valence-electron chi connectivity index (χ2n) is 4.63. The number of hydrogen-bond donors (Lipinski definition) is 1. The summed E-state index contributed by atoms with van der Waals surface area (Å²) in [6.07, 6.45) is 0.471. The van der Waals surface area contributed by atoms with Gasteiger partial charge >= 0.3 is 0 Å². The molecule has 0 saturated carbocycles. The highest BCUT2D eigenvalue weighted by atomic mass is 35.5. The predicted octanol–water partition coefficient (Wildman–Crippen LogP) is 1.77. The smallest absolute Gasteiger partial charge is 0.218 e. The zero-order valence-electron chi connectivity index (χ0n) is 10.2. The van der Waals surface area contributed by atoms with Crippen molar-refractivity contribution in [3.63, 3.8) is 0 Å². The molecule has 19 heavy (non-hydrogen) atoms. The molecule has 106 valence electrons. The molecule has 1 aliphatic heterocycles. The number of benzene rings is 1. The van der Waals surface area contributed by atoms with Crippen LogP contribution in [0.25, 0.3) is 0 Å². The molecule has 1 N–H and O–H groups in total. The zero-order chi connectivity index (χ0) is 14.0. The predicted molar refractivity (Wildman–Crippen MR) is 70.8 cm³/mol. The van der Waals surface area contributed by atoms with E-state index in [9.17, 15) is 17.9 Å². The molecular formula is C12H15ClFNO3S. The van der Waals surface area contributed by atoms with Crippen molar-refractivity contribution in [2.75, 3.05) is 13.1 Å². The standard InChI is InChI=1S/C12H15ClFNO3S/c13-11-7-9(1-2-12(11)14)8-19(17,18)15-5-3-10(16)4-6-15/h1-2,7,10,16H,3-6,8H2. The molecule has 1 fully saturated rings. The van der Waals surface area contributed by atoms with Crippen LogP contribution in [0, 0.1) is 5.82 Å². The lowest BCUT2D eigenvalue weighted by Crippen LogP contribution is -2.40. The van der Waals surface area contributed by atoms with Crippen LogP contribution in [0.15, 0.2) is 18.2 Å². The lowest BCUT2D eigenvalue weighted by atomic mass is 10.1. The van der Waals surface area contributed by atoms with Crippen molar-refractivity contribution in [1.29, 1.82) is 0 Å².